The van der Waals surface area contributed by atoms with Crippen molar-refractivity contribution in [3.8, 4) is 11.5 Å². The molecule has 0 aromatic heterocycles. The van der Waals surface area contributed by atoms with Crippen LogP contribution in [0.4, 0.5) is 0 Å². The lowest BCUT2D eigenvalue weighted by atomic mass is 10.0. The number of benzene rings is 2. The number of ether oxygens (including phenoxy) is 2. The van der Waals surface area contributed by atoms with Crippen LogP contribution in [0.15, 0.2) is 60.7 Å². The number of allylic oxidation sites excluding steroid dienone is 1. The summed E-state index contributed by atoms with van der Waals surface area (Å²) in [6, 6.07) is 15.3. The lowest BCUT2D eigenvalue weighted by Crippen LogP contribution is -2.07. The van der Waals surface area contributed by atoms with Crippen LogP contribution >= 0.6 is 0 Å². The molecule has 1 N–H and O–H groups in total. The van der Waals surface area contributed by atoms with Gasteiger partial charge in [0.05, 0.1) is 20.3 Å². The molecule has 132 valence electrons. The number of aliphatic hydroxyl groups is 1. The third-order valence-electron chi connectivity index (χ3n) is 3.90. The Labute approximate surface area is 148 Å². The highest BCUT2D eigenvalue weighted by atomic mass is 16.5. The summed E-state index contributed by atoms with van der Waals surface area (Å²) in [4.78, 5) is 12.0. The third-order valence-corrected chi connectivity index (χ3v) is 3.90. The largest absolute Gasteiger partial charge is 0.493 e. The molecule has 0 heterocycles. The molecule has 0 spiro atoms. The normalized spacial score (nSPS) is 12.1. The van der Waals surface area contributed by atoms with Gasteiger partial charge in [-0.05, 0) is 35.8 Å². The van der Waals surface area contributed by atoms with Crippen LogP contribution in [0, 0.1) is 0 Å². The van der Waals surface area contributed by atoms with Gasteiger partial charge < -0.3 is 14.6 Å². The second-order valence-corrected chi connectivity index (χ2v) is 5.77. The van der Waals surface area contributed by atoms with E-state index in [4.69, 9.17) is 9.47 Å². The smallest absolute Gasteiger partial charge is 0.160 e. The highest BCUT2D eigenvalue weighted by Gasteiger charge is 2.07. The quantitative estimate of drug-likeness (QED) is 0.711. The van der Waals surface area contributed by atoms with E-state index < -0.39 is 6.10 Å². The van der Waals surface area contributed by atoms with Crippen LogP contribution < -0.4 is 9.47 Å². The van der Waals surface area contributed by atoms with E-state index in [-0.39, 0.29) is 5.78 Å². The Hall–Kier alpha value is -2.59. The van der Waals surface area contributed by atoms with Gasteiger partial charge in [0.25, 0.3) is 0 Å². The predicted octanol–water partition coefficient (Wildman–Crippen LogP) is 3.37. The van der Waals surface area contributed by atoms with Crippen molar-refractivity contribution in [1.82, 2.24) is 0 Å². The molecule has 0 fully saturated rings. The van der Waals surface area contributed by atoms with Crippen molar-refractivity contribution in [3.63, 3.8) is 0 Å². The zero-order valence-electron chi connectivity index (χ0n) is 14.6. The Morgan fingerprint density at radius 3 is 2.44 bits per heavy atom. The van der Waals surface area contributed by atoms with E-state index in [1.54, 1.807) is 20.3 Å². The van der Waals surface area contributed by atoms with Gasteiger partial charge in [-0.3, -0.25) is 4.79 Å². The number of ketones is 1. The molecular weight excluding hydrogens is 316 g/mol. The van der Waals surface area contributed by atoms with E-state index in [2.05, 4.69) is 0 Å². The molecule has 0 radical (unpaired) electrons. The highest BCUT2D eigenvalue weighted by Crippen LogP contribution is 2.27. The van der Waals surface area contributed by atoms with Gasteiger partial charge in [0.15, 0.2) is 17.3 Å². The topological polar surface area (TPSA) is 55.8 Å². The van der Waals surface area contributed by atoms with Crippen LogP contribution in [0.1, 0.15) is 17.5 Å². The molecule has 0 aliphatic heterocycles. The maximum Gasteiger partial charge on any atom is 0.160 e. The molecule has 0 amide bonds. The summed E-state index contributed by atoms with van der Waals surface area (Å²) in [6.07, 6.45) is 3.86. The molecule has 0 aliphatic rings. The minimum atomic E-state index is -0.660. The first-order valence-electron chi connectivity index (χ1n) is 8.26. The summed E-state index contributed by atoms with van der Waals surface area (Å²) in [5, 5.41) is 9.99. The number of aryl methyl sites for hydroxylation is 1. The van der Waals surface area contributed by atoms with Crippen molar-refractivity contribution < 1.29 is 19.4 Å². The number of rotatable bonds is 9. The fourth-order valence-corrected chi connectivity index (χ4v) is 2.53. The van der Waals surface area contributed by atoms with Crippen molar-refractivity contribution in [2.24, 2.45) is 0 Å². The molecule has 25 heavy (non-hydrogen) atoms. The second kappa shape index (κ2) is 9.64. The van der Waals surface area contributed by atoms with E-state index in [9.17, 15) is 9.90 Å². The lowest BCUT2D eigenvalue weighted by molar-refractivity contribution is -0.114. The van der Waals surface area contributed by atoms with Gasteiger partial charge in [-0.2, -0.15) is 0 Å². The summed E-state index contributed by atoms with van der Waals surface area (Å²) in [5.41, 5.74) is 2.04. The fraction of sp³-hybridized carbons (Fsp3) is 0.286. The summed E-state index contributed by atoms with van der Waals surface area (Å²) >= 11 is 0. The summed E-state index contributed by atoms with van der Waals surface area (Å²) in [7, 11) is 3.18. The van der Waals surface area contributed by atoms with Crippen molar-refractivity contribution in [3.05, 3.63) is 71.8 Å². The molecule has 4 nitrogen and oxygen atoms in total. The molecule has 0 saturated heterocycles. The van der Waals surface area contributed by atoms with Gasteiger partial charge in [0, 0.05) is 12.8 Å². The Morgan fingerprint density at radius 1 is 1.04 bits per heavy atom. The van der Waals surface area contributed by atoms with E-state index >= 15 is 0 Å². The second-order valence-electron chi connectivity index (χ2n) is 5.77. The standard InChI is InChI=1S/C21H24O4/c1-24-20-13-9-17(15-21(20)25-2)8-10-18(22)11-12-19(23)14-16-6-4-3-5-7-16/h3-7,9,11-13,15,19,23H,8,10,14H2,1-2H3/b12-11+/t19-/m1/s1. The van der Waals surface area contributed by atoms with E-state index in [0.717, 1.165) is 11.1 Å². The van der Waals surface area contributed by atoms with E-state index in [1.165, 1.54) is 6.08 Å². The van der Waals surface area contributed by atoms with Crippen molar-refractivity contribution in [2.45, 2.75) is 25.4 Å². The summed E-state index contributed by atoms with van der Waals surface area (Å²) in [5.74, 6) is 1.31. The van der Waals surface area contributed by atoms with Crippen LogP contribution in [0.3, 0.4) is 0 Å². The number of hydrogen-bond acceptors (Lipinski definition) is 4. The molecule has 2 aromatic rings. The maximum absolute atomic E-state index is 12.0. The SMILES string of the molecule is COc1ccc(CCC(=O)/C=C/[C@@H](O)Cc2ccccc2)cc1OC. The predicted molar refractivity (Wildman–Crippen MR) is 98.2 cm³/mol. The number of carbonyl (C=O) groups excluding carboxylic acids is 1. The zero-order chi connectivity index (χ0) is 18.1. The minimum absolute atomic E-state index is 0.0121. The molecule has 0 unspecified atom stereocenters. The Bertz CT molecular complexity index is 707. The van der Waals surface area contributed by atoms with Crippen LogP contribution in [-0.4, -0.2) is 31.2 Å². The zero-order valence-corrected chi connectivity index (χ0v) is 14.6. The van der Waals surface area contributed by atoms with Crippen LogP contribution in [-0.2, 0) is 17.6 Å². The third kappa shape index (κ3) is 6.08. The summed E-state index contributed by atoms with van der Waals surface area (Å²) < 4.78 is 10.5. The lowest BCUT2D eigenvalue weighted by Gasteiger charge is -2.09. The molecule has 2 rings (SSSR count). The molecule has 1 atom stereocenters. The van der Waals surface area contributed by atoms with Gasteiger partial charge in [0.1, 0.15) is 0 Å². The molecule has 2 aromatic carbocycles. The first-order chi connectivity index (χ1) is 12.1. The number of aliphatic hydroxyl groups excluding tert-OH is 1. The van der Waals surface area contributed by atoms with Crippen molar-refractivity contribution in [1.29, 1.82) is 0 Å². The first kappa shape index (κ1) is 18.7. The Morgan fingerprint density at radius 2 is 1.76 bits per heavy atom. The van der Waals surface area contributed by atoms with Crippen molar-refractivity contribution in [2.75, 3.05) is 14.2 Å². The van der Waals surface area contributed by atoms with Crippen molar-refractivity contribution >= 4 is 5.78 Å². The Balaban J connectivity index is 1.83. The van der Waals surface area contributed by atoms with E-state index in [0.29, 0.717) is 30.8 Å². The molecule has 0 saturated carbocycles. The Kier molecular flexibility index (Phi) is 7.23. The van der Waals surface area contributed by atoms with Gasteiger partial charge in [-0.1, -0.05) is 42.5 Å². The number of methoxy groups -OCH3 is 2. The number of carbonyl (C=O) groups is 1. The van der Waals surface area contributed by atoms with Gasteiger partial charge in [-0.15, -0.1) is 0 Å². The average Bonchev–Trinajstić information content (AvgIpc) is 2.65. The van der Waals surface area contributed by atoms with E-state index in [1.807, 2.05) is 48.5 Å². The monoisotopic (exact) mass is 340 g/mol. The van der Waals surface area contributed by atoms with Crippen LogP contribution in [0.2, 0.25) is 0 Å². The highest BCUT2D eigenvalue weighted by molar-refractivity contribution is 5.89. The fourth-order valence-electron chi connectivity index (χ4n) is 2.53. The molecule has 0 aliphatic carbocycles. The molecular formula is C21H24O4. The summed E-state index contributed by atoms with van der Waals surface area (Å²) in [6.45, 7) is 0. The minimum Gasteiger partial charge on any atom is -0.493 e. The first-order valence-corrected chi connectivity index (χ1v) is 8.26. The van der Waals surface area contributed by atoms with Gasteiger partial charge >= 0.3 is 0 Å². The molecule has 0 bridgehead atoms. The van der Waals surface area contributed by atoms with Crippen LogP contribution in [0.5, 0.6) is 11.5 Å². The average molecular weight is 340 g/mol. The number of hydrogen-bond donors (Lipinski definition) is 1. The van der Waals surface area contributed by atoms with Gasteiger partial charge in [0.2, 0.25) is 0 Å². The van der Waals surface area contributed by atoms with Crippen LogP contribution in [0.25, 0.3) is 0 Å². The molecule has 4 heteroatoms. The van der Waals surface area contributed by atoms with Gasteiger partial charge in [-0.25, -0.2) is 0 Å². The maximum atomic E-state index is 12.0.